The van der Waals surface area contributed by atoms with E-state index in [1.807, 2.05) is 61.5 Å². The summed E-state index contributed by atoms with van der Waals surface area (Å²) in [6, 6.07) is 17.7. The summed E-state index contributed by atoms with van der Waals surface area (Å²) in [6.07, 6.45) is 1.67. The number of nitrogens with one attached hydrogen (secondary N) is 2. The number of rotatable bonds is 3. The van der Waals surface area contributed by atoms with Crippen molar-refractivity contribution in [1.29, 1.82) is 0 Å². The van der Waals surface area contributed by atoms with E-state index in [1.165, 1.54) is 11.3 Å². The van der Waals surface area contributed by atoms with Gasteiger partial charge in [0.2, 0.25) is 0 Å². The van der Waals surface area contributed by atoms with E-state index in [4.69, 9.17) is 0 Å². The molecule has 2 N–H and O–H groups in total. The van der Waals surface area contributed by atoms with Crippen LogP contribution in [-0.4, -0.2) is 15.9 Å². The molecule has 0 aliphatic carbocycles. The van der Waals surface area contributed by atoms with Crippen molar-refractivity contribution in [3.05, 3.63) is 71.5 Å². The monoisotopic (exact) mass is 333 g/mol. The zero-order valence-corrected chi connectivity index (χ0v) is 13.9. The van der Waals surface area contributed by atoms with E-state index >= 15 is 0 Å². The Hall–Kier alpha value is -2.92. The van der Waals surface area contributed by atoms with Gasteiger partial charge in [0.25, 0.3) is 5.91 Å². The van der Waals surface area contributed by atoms with E-state index in [-0.39, 0.29) is 5.91 Å². The summed E-state index contributed by atoms with van der Waals surface area (Å²) >= 11 is 1.50. The SMILES string of the molecule is Cc1[nH]cnc1-c1cccc(NC(=O)c2cc3ccccc3s2)c1. The summed E-state index contributed by atoms with van der Waals surface area (Å²) in [5.74, 6) is -0.0906. The Morgan fingerprint density at radius 2 is 2.00 bits per heavy atom. The summed E-state index contributed by atoms with van der Waals surface area (Å²) in [4.78, 5) is 20.6. The summed E-state index contributed by atoms with van der Waals surface area (Å²) in [5.41, 5.74) is 3.64. The highest BCUT2D eigenvalue weighted by molar-refractivity contribution is 7.20. The molecule has 2 aromatic carbocycles. The molecule has 0 aliphatic rings. The van der Waals surface area contributed by atoms with Crippen LogP contribution in [-0.2, 0) is 0 Å². The third kappa shape index (κ3) is 2.70. The van der Waals surface area contributed by atoms with Crippen molar-refractivity contribution in [3.8, 4) is 11.3 Å². The zero-order valence-electron chi connectivity index (χ0n) is 13.0. The first-order valence-electron chi connectivity index (χ1n) is 7.61. The lowest BCUT2D eigenvalue weighted by atomic mass is 10.1. The number of aromatic nitrogens is 2. The molecule has 4 nitrogen and oxygen atoms in total. The van der Waals surface area contributed by atoms with Gasteiger partial charge in [-0.3, -0.25) is 4.79 Å². The van der Waals surface area contributed by atoms with Gasteiger partial charge in [-0.05, 0) is 36.6 Å². The van der Waals surface area contributed by atoms with Crippen molar-refractivity contribution >= 4 is 33.0 Å². The number of thiophene rings is 1. The molecule has 5 heteroatoms. The number of anilines is 1. The van der Waals surface area contributed by atoms with E-state index in [0.717, 1.165) is 32.7 Å². The molecule has 4 aromatic rings. The summed E-state index contributed by atoms with van der Waals surface area (Å²) in [6.45, 7) is 1.98. The number of imidazole rings is 1. The number of carbonyl (C=O) groups is 1. The maximum atomic E-state index is 12.5. The zero-order chi connectivity index (χ0) is 16.5. The van der Waals surface area contributed by atoms with Crippen molar-refractivity contribution in [2.24, 2.45) is 0 Å². The van der Waals surface area contributed by atoms with E-state index in [9.17, 15) is 4.79 Å². The van der Waals surface area contributed by atoms with Crippen LogP contribution in [0.3, 0.4) is 0 Å². The molecule has 1 amide bonds. The number of H-pyrrole nitrogens is 1. The van der Waals surface area contributed by atoms with Crippen LogP contribution in [0.1, 0.15) is 15.4 Å². The van der Waals surface area contributed by atoms with Gasteiger partial charge in [0.1, 0.15) is 0 Å². The van der Waals surface area contributed by atoms with E-state index in [0.29, 0.717) is 4.88 Å². The second-order valence-electron chi connectivity index (χ2n) is 5.56. The lowest BCUT2D eigenvalue weighted by Gasteiger charge is -2.06. The number of amides is 1. The van der Waals surface area contributed by atoms with Gasteiger partial charge in [-0.1, -0.05) is 30.3 Å². The highest BCUT2D eigenvalue weighted by atomic mass is 32.1. The standard InChI is InChI=1S/C19H15N3OS/c1-12-18(21-11-20-12)14-6-4-7-15(9-14)22-19(23)17-10-13-5-2-3-8-16(13)24-17/h2-11H,1H3,(H,20,21)(H,22,23). The molecule has 0 fully saturated rings. The van der Waals surface area contributed by atoms with Gasteiger partial charge in [-0.15, -0.1) is 11.3 Å². The first-order valence-corrected chi connectivity index (χ1v) is 8.43. The first kappa shape index (κ1) is 14.7. The number of aryl methyl sites for hydroxylation is 1. The molecule has 0 saturated heterocycles. The quantitative estimate of drug-likeness (QED) is 0.563. The maximum absolute atomic E-state index is 12.5. The second kappa shape index (κ2) is 5.94. The number of aromatic amines is 1. The van der Waals surface area contributed by atoms with Crippen LogP contribution in [0.15, 0.2) is 60.9 Å². The lowest BCUT2D eigenvalue weighted by Crippen LogP contribution is -2.09. The van der Waals surface area contributed by atoms with Gasteiger partial charge in [0.15, 0.2) is 0 Å². The van der Waals surface area contributed by atoms with E-state index in [1.54, 1.807) is 6.33 Å². The van der Waals surface area contributed by atoms with E-state index in [2.05, 4.69) is 15.3 Å². The minimum Gasteiger partial charge on any atom is -0.348 e. The molecule has 118 valence electrons. The molecule has 24 heavy (non-hydrogen) atoms. The first-order chi connectivity index (χ1) is 11.7. The maximum Gasteiger partial charge on any atom is 0.265 e. The highest BCUT2D eigenvalue weighted by Crippen LogP contribution is 2.27. The van der Waals surface area contributed by atoms with Crippen LogP contribution in [0.25, 0.3) is 21.3 Å². The molecular weight excluding hydrogens is 318 g/mol. The van der Waals surface area contributed by atoms with Crippen molar-refractivity contribution in [3.63, 3.8) is 0 Å². The minimum absolute atomic E-state index is 0.0906. The molecule has 0 saturated carbocycles. The van der Waals surface area contributed by atoms with Crippen LogP contribution in [0.2, 0.25) is 0 Å². The Morgan fingerprint density at radius 1 is 1.12 bits per heavy atom. The van der Waals surface area contributed by atoms with Crippen molar-refractivity contribution in [2.45, 2.75) is 6.92 Å². The molecular formula is C19H15N3OS. The number of nitrogens with zero attached hydrogens (tertiary/aromatic N) is 1. The predicted molar refractivity (Wildman–Crippen MR) is 98.5 cm³/mol. The molecule has 2 heterocycles. The van der Waals surface area contributed by atoms with Crippen LogP contribution >= 0.6 is 11.3 Å². The smallest absolute Gasteiger partial charge is 0.265 e. The molecule has 4 rings (SSSR count). The third-order valence-corrected chi connectivity index (χ3v) is 4.99. The van der Waals surface area contributed by atoms with Crippen LogP contribution in [0.4, 0.5) is 5.69 Å². The number of fused-ring (bicyclic) bond motifs is 1. The van der Waals surface area contributed by atoms with Crippen LogP contribution in [0.5, 0.6) is 0 Å². The van der Waals surface area contributed by atoms with Gasteiger partial charge >= 0.3 is 0 Å². The van der Waals surface area contributed by atoms with Crippen molar-refractivity contribution < 1.29 is 4.79 Å². The number of benzene rings is 2. The largest absolute Gasteiger partial charge is 0.348 e. The van der Waals surface area contributed by atoms with Gasteiger partial charge in [-0.2, -0.15) is 0 Å². The Kier molecular flexibility index (Phi) is 3.63. The third-order valence-electron chi connectivity index (χ3n) is 3.87. The van der Waals surface area contributed by atoms with Crippen LogP contribution < -0.4 is 5.32 Å². The fourth-order valence-corrected chi connectivity index (χ4v) is 3.64. The lowest BCUT2D eigenvalue weighted by molar-refractivity contribution is 0.103. The predicted octanol–water partition coefficient (Wildman–Crippen LogP) is 4.85. The molecule has 0 radical (unpaired) electrons. The van der Waals surface area contributed by atoms with Crippen molar-refractivity contribution in [1.82, 2.24) is 9.97 Å². The van der Waals surface area contributed by atoms with Gasteiger partial charge in [0, 0.05) is 21.6 Å². The van der Waals surface area contributed by atoms with Gasteiger partial charge in [-0.25, -0.2) is 4.98 Å². The topological polar surface area (TPSA) is 57.8 Å². The number of hydrogen-bond acceptors (Lipinski definition) is 3. The van der Waals surface area contributed by atoms with E-state index < -0.39 is 0 Å². The number of carbonyl (C=O) groups excluding carboxylic acids is 1. The fourth-order valence-electron chi connectivity index (χ4n) is 2.68. The average Bonchev–Trinajstić information content (AvgIpc) is 3.21. The minimum atomic E-state index is -0.0906. The summed E-state index contributed by atoms with van der Waals surface area (Å²) < 4.78 is 1.11. The summed E-state index contributed by atoms with van der Waals surface area (Å²) in [5, 5.41) is 4.07. The Balaban J connectivity index is 1.61. The molecule has 0 aliphatic heterocycles. The molecule has 0 atom stereocenters. The highest BCUT2D eigenvalue weighted by Gasteiger charge is 2.11. The Morgan fingerprint density at radius 3 is 2.79 bits per heavy atom. The summed E-state index contributed by atoms with van der Waals surface area (Å²) in [7, 11) is 0. The molecule has 2 aromatic heterocycles. The van der Waals surface area contributed by atoms with Gasteiger partial charge in [0.05, 0.1) is 16.9 Å². The van der Waals surface area contributed by atoms with Crippen LogP contribution in [0, 0.1) is 6.92 Å². The molecule has 0 spiro atoms. The Bertz CT molecular complexity index is 999. The second-order valence-corrected chi connectivity index (χ2v) is 6.64. The molecule has 0 bridgehead atoms. The number of hydrogen-bond donors (Lipinski definition) is 2. The average molecular weight is 333 g/mol. The normalized spacial score (nSPS) is 10.9. The van der Waals surface area contributed by atoms with Gasteiger partial charge < -0.3 is 10.3 Å². The van der Waals surface area contributed by atoms with Crippen molar-refractivity contribution in [2.75, 3.05) is 5.32 Å². The Labute approximate surface area is 143 Å². The molecule has 0 unspecified atom stereocenters. The fraction of sp³-hybridized carbons (Fsp3) is 0.0526.